The van der Waals surface area contributed by atoms with Gasteiger partial charge < -0.3 is 4.74 Å². The van der Waals surface area contributed by atoms with E-state index in [0.717, 1.165) is 8.45 Å². The molecule has 1 rings (SSSR count). The Labute approximate surface area is 99.8 Å². The van der Waals surface area contributed by atoms with E-state index in [0.29, 0.717) is 17.0 Å². The van der Waals surface area contributed by atoms with Gasteiger partial charge in [-0.05, 0) is 42.0 Å². The Hall–Kier alpha value is -0.610. The van der Waals surface area contributed by atoms with Crippen LogP contribution in [-0.4, -0.2) is 12.6 Å². The van der Waals surface area contributed by atoms with Crippen LogP contribution in [-0.2, 0) is 4.74 Å². The molecule has 0 unspecified atom stereocenters. The normalized spacial score (nSPS) is 9.57. The highest BCUT2D eigenvalue weighted by molar-refractivity contribution is 14.1. The maximum Gasteiger partial charge on any atom is 0.348 e. The number of ether oxygens (including phenoxy) is 1. The molecule has 74 valence electrons. The minimum absolute atomic E-state index is 0.339. The van der Waals surface area contributed by atoms with Crippen LogP contribution in [0.4, 0.5) is 0 Å². The fourth-order valence-corrected chi connectivity index (χ4v) is 3.06. The first kappa shape index (κ1) is 11.5. The highest BCUT2D eigenvalue weighted by atomic mass is 127. The van der Waals surface area contributed by atoms with Gasteiger partial charge in [0.2, 0.25) is 0 Å². The maximum atomic E-state index is 11.4. The molecular formula is C9H8INO2S. The summed E-state index contributed by atoms with van der Waals surface area (Å²) in [6, 6.07) is 2.08. The van der Waals surface area contributed by atoms with Gasteiger partial charge in [-0.3, -0.25) is 0 Å². The standard InChI is InChI=1S/C9H8INO2S/c1-3-13-9(12)7-5(2)6(4-11)8(10)14-7/h3H2,1-2H3. The van der Waals surface area contributed by atoms with Crippen molar-refractivity contribution in [1.82, 2.24) is 0 Å². The van der Waals surface area contributed by atoms with Crippen molar-refractivity contribution in [3.63, 3.8) is 0 Å². The number of nitrogens with zero attached hydrogens (tertiary/aromatic N) is 1. The number of halogens is 1. The zero-order chi connectivity index (χ0) is 10.7. The van der Waals surface area contributed by atoms with Crippen LogP contribution in [0.5, 0.6) is 0 Å². The van der Waals surface area contributed by atoms with Gasteiger partial charge in [0.25, 0.3) is 0 Å². The third kappa shape index (κ3) is 2.07. The summed E-state index contributed by atoms with van der Waals surface area (Å²) in [5, 5.41) is 8.82. The first-order valence-corrected chi connectivity index (χ1v) is 5.87. The van der Waals surface area contributed by atoms with Gasteiger partial charge in [-0.1, -0.05) is 0 Å². The van der Waals surface area contributed by atoms with Gasteiger partial charge >= 0.3 is 5.97 Å². The molecular weight excluding hydrogens is 313 g/mol. The van der Waals surface area contributed by atoms with E-state index in [1.165, 1.54) is 11.3 Å². The molecule has 0 amide bonds. The van der Waals surface area contributed by atoms with Gasteiger partial charge in [0.05, 0.1) is 15.1 Å². The van der Waals surface area contributed by atoms with Crippen molar-refractivity contribution in [2.45, 2.75) is 13.8 Å². The minimum Gasteiger partial charge on any atom is -0.462 e. The maximum absolute atomic E-state index is 11.4. The smallest absolute Gasteiger partial charge is 0.348 e. The van der Waals surface area contributed by atoms with E-state index in [4.69, 9.17) is 10.00 Å². The Morgan fingerprint density at radius 1 is 1.71 bits per heavy atom. The molecule has 5 heteroatoms. The molecule has 0 aliphatic carbocycles. The number of carbonyl (C=O) groups is 1. The van der Waals surface area contributed by atoms with E-state index in [9.17, 15) is 4.79 Å². The van der Waals surface area contributed by atoms with Crippen molar-refractivity contribution in [3.05, 3.63) is 18.9 Å². The van der Waals surface area contributed by atoms with Gasteiger partial charge in [-0.2, -0.15) is 5.26 Å². The molecule has 0 radical (unpaired) electrons. The largest absolute Gasteiger partial charge is 0.462 e. The van der Waals surface area contributed by atoms with E-state index in [1.807, 2.05) is 0 Å². The van der Waals surface area contributed by atoms with Gasteiger partial charge in [-0.15, -0.1) is 11.3 Å². The van der Waals surface area contributed by atoms with Crippen molar-refractivity contribution in [3.8, 4) is 6.07 Å². The summed E-state index contributed by atoms with van der Waals surface area (Å²) in [5.41, 5.74) is 1.30. The monoisotopic (exact) mass is 321 g/mol. The zero-order valence-corrected chi connectivity index (χ0v) is 10.7. The molecule has 0 saturated heterocycles. The summed E-state index contributed by atoms with van der Waals surface area (Å²) >= 11 is 3.36. The van der Waals surface area contributed by atoms with Crippen molar-refractivity contribution < 1.29 is 9.53 Å². The summed E-state index contributed by atoms with van der Waals surface area (Å²) in [6.07, 6.45) is 0. The molecule has 0 fully saturated rings. The number of hydrogen-bond acceptors (Lipinski definition) is 4. The highest BCUT2D eigenvalue weighted by Crippen LogP contribution is 2.29. The predicted molar refractivity (Wildman–Crippen MR) is 62.4 cm³/mol. The second-order valence-electron chi connectivity index (χ2n) is 2.54. The van der Waals surface area contributed by atoms with Crippen molar-refractivity contribution in [1.29, 1.82) is 5.26 Å². The number of hydrogen-bond donors (Lipinski definition) is 0. The average Bonchev–Trinajstić information content (AvgIpc) is 2.42. The quantitative estimate of drug-likeness (QED) is 0.622. The molecule has 0 aromatic carbocycles. The van der Waals surface area contributed by atoms with E-state index in [2.05, 4.69) is 28.7 Å². The van der Waals surface area contributed by atoms with Crippen LogP contribution >= 0.6 is 33.9 Å². The Morgan fingerprint density at radius 2 is 2.36 bits per heavy atom. The number of carbonyl (C=O) groups excluding carboxylic acids is 1. The Kier molecular flexibility index (Phi) is 3.89. The van der Waals surface area contributed by atoms with Gasteiger partial charge in [0.1, 0.15) is 10.9 Å². The van der Waals surface area contributed by atoms with Gasteiger partial charge in [0, 0.05) is 0 Å². The van der Waals surface area contributed by atoms with E-state index in [-0.39, 0.29) is 5.97 Å². The van der Waals surface area contributed by atoms with Gasteiger partial charge in [0.15, 0.2) is 0 Å². The van der Waals surface area contributed by atoms with Crippen LogP contribution in [0.15, 0.2) is 0 Å². The molecule has 1 aromatic rings. The lowest BCUT2D eigenvalue weighted by atomic mass is 10.2. The van der Waals surface area contributed by atoms with Crippen LogP contribution in [0.2, 0.25) is 0 Å². The zero-order valence-electron chi connectivity index (χ0n) is 7.76. The average molecular weight is 321 g/mol. The van der Waals surface area contributed by atoms with E-state index < -0.39 is 0 Å². The van der Waals surface area contributed by atoms with Crippen LogP contribution in [0.25, 0.3) is 0 Å². The van der Waals surface area contributed by atoms with Crippen LogP contribution in [0.3, 0.4) is 0 Å². The third-order valence-corrected chi connectivity index (χ3v) is 3.94. The Balaban J connectivity index is 3.13. The summed E-state index contributed by atoms with van der Waals surface area (Å²) in [7, 11) is 0. The number of nitriles is 1. The molecule has 0 spiro atoms. The molecule has 0 N–H and O–H groups in total. The van der Waals surface area contributed by atoms with Crippen LogP contribution in [0.1, 0.15) is 27.7 Å². The lowest BCUT2D eigenvalue weighted by molar-refractivity contribution is 0.0531. The molecule has 0 saturated carbocycles. The summed E-state index contributed by atoms with van der Waals surface area (Å²) in [4.78, 5) is 12.0. The Bertz CT molecular complexity index is 406. The van der Waals surface area contributed by atoms with Gasteiger partial charge in [-0.25, -0.2) is 4.79 Å². The Morgan fingerprint density at radius 3 is 2.79 bits per heavy atom. The van der Waals surface area contributed by atoms with E-state index >= 15 is 0 Å². The molecule has 3 nitrogen and oxygen atoms in total. The van der Waals surface area contributed by atoms with Crippen molar-refractivity contribution >= 4 is 39.9 Å². The van der Waals surface area contributed by atoms with Crippen LogP contribution in [0, 0.1) is 21.1 Å². The topological polar surface area (TPSA) is 50.1 Å². The lowest BCUT2D eigenvalue weighted by Gasteiger charge is -1.98. The third-order valence-electron chi connectivity index (χ3n) is 1.68. The minimum atomic E-state index is -0.339. The van der Waals surface area contributed by atoms with Crippen LogP contribution < -0.4 is 0 Å². The second kappa shape index (κ2) is 4.75. The summed E-state index contributed by atoms with van der Waals surface area (Å²) < 4.78 is 5.72. The molecule has 1 aromatic heterocycles. The fraction of sp³-hybridized carbons (Fsp3) is 0.333. The van der Waals surface area contributed by atoms with Crippen molar-refractivity contribution in [2.75, 3.05) is 6.61 Å². The number of thiophene rings is 1. The molecule has 0 atom stereocenters. The SMILES string of the molecule is CCOC(=O)c1sc(I)c(C#N)c1C. The first-order chi connectivity index (χ1) is 6.61. The molecule has 14 heavy (non-hydrogen) atoms. The predicted octanol–water partition coefficient (Wildman–Crippen LogP) is 2.71. The van der Waals surface area contributed by atoms with E-state index in [1.54, 1.807) is 13.8 Å². The number of esters is 1. The first-order valence-electron chi connectivity index (χ1n) is 3.97. The molecule has 1 heterocycles. The second-order valence-corrected chi connectivity index (χ2v) is 5.37. The number of rotatable bonds is 2. The molecule has 0 bridgehead atoms. The van der Waals surface area contributed by atoms with Crippen molar-refractivity contribution in [2.24, 2.45) is 0 Å². The molecule has 0 aliphatic rings. The summed E-state index contributed by atoms with van der Waals surface area (Å²) in [5.74, 6) is -0.339. The fourth-order valence-electron chi connectivity index (χ4n) is 0.997. The molecule has 0 aliphatic heterocycles. The highest BCUT2D eigenvalue weighted by Gasteiger charge is 2.19. The summed E-state index contributed by atoms with van der Waals surface area (Å²) in [6.45, 7) is 3.88. The lowest BCUT2D eigenvalue weighted by Crippen LogP contribution is -2.03.